The summed E-state index contributed by atoms with van der Waals surface area (Å²) in [5, 5.41) is 23.5. The van der Waals surface area contributed by atoms with Gasteiger partial charge < -0.3 is 5.11 Å². The van der Waals surface area contributed by atoms with E-state index in [0.717, 1.165) is 16.8 Å². The Kier molecular flexibility index (Phi) is 3.44. The van der Waals surface area contributed by atoms with Crippen molar-refractivity contribution in [2.45, 2.75) is 0 Å². The van der Waals surface area contributed by atoms with E-state index in [2.05, 4.69) is 11.2 Å². The number of hydrogen-bond acceptors (Lipinski definition) is 3. The zero-order chi connectivity index (χ0) is 17.4. The maximum Gasteiger partial charge on any atom is 0.165 e. The maximum absolute atomic E-state index is 13.5. The summed E-state index contributed by atoms with van der Waals surface area (Å²) in [6, 6.07) is 19.8. The second kappa shape index (κ2) is 5.77. The first-order valence-electron chi connectivity index (χ1n) is 7.63. The Morgan fingerprint density at radius 2 is 1.80 bits per heavy atom. The van der Waals surface area contributed by atoms with Gasteiger partial charge in [-0.2, -0.15) is 10.4 Å². The molecule has 0 unspecified atom stereocenters. The first-order chi connectivity index (χ1) is 12.2. The average Bonchev–Trinajstić information content (AvgIpc) is 3.05. The lowest BCUT2D eigenvalue weighted by Gasteiger charge is -2.07. The molecule has 4 nitrogen and oxygen atoms in total. The Morgan fingerprint density at radius 1 is 1.00 bits per heavy atom. The summed E-state index contributed by atoms with van der Waals surface area (Å²) in [5.41, 5.74) is 3.96. The number of nitrogens with zero attached hydrogens (tertiary/aromatic N) is 3. The highest BCUT2D eigenvalue weighted by Crippen LogP contribution is 2.27. The van der Waals surface area contributed by atoms with Crippen molar-refractivity contribution in [2.24, 2.45) is 0 Å². The lowest BCUT2D eigenvalue weighted by molar-refractivity contribution is 0.433. The fourth-order valence-corrected chi connectivity index (χ4v) is 2.80. The van der Waals surface area contributed by atoms with Crippen LogP contribution in [0.4, 0.5) is 4.39 Å². The van der Waals surface area contributed by atoms with E-state index in [9.17, 15) is 9.50 Å². The molecule has 1 aromatic heterocycles. The summed E-state index contributed by atoms with van der Waals surface area (Å²) in [4.78, 5) is 0. The molecular formula is C20H12FN3O. The van der Waals surface area contributed by atoms with Crippen LogP contribution in [0.2, 0.25) is 0 Å². The van der Waals surface area contributed by atoms with E-state index >= 15 is 0 Å². The highest BCUT2D eigenvalue weighted by Gasteiger charge is 2.10. The van der Waals surface area contributed by atoms with Crippen LogP contribution in [0.15, 0.2) is 66.9 Å². The molecule has 0 radical (unpaired) electrons. The number of halogens is 1. The number of phenolic OH excluding ortho intramolecular Hbond substituents is 1. The second-order valence-corrected chi connectivity index (χ2v) is 5.66. The van der Waals surface area contributed by atoms with Crippen LogP contribution in [-0.2, 0) is 0 Å². The largest absolute Gasteiger partial charge is 0.505 e. The fraction of sp³-hybridized carbons (Fsp3) is 0. The fourth-order valence-electron chi connectivity index (χ4n) is 2.80. The highest BCUT2D eigenvalue weighted by atomic mass is 19.1. The Morgan fingerprint density at radius 3 is 2.56 bits per heavy atom. The molecule has 0 amide bonds. The van der Waals surface area contributed by atoms with Gasteiger partial charge in [-0.15, -0.1) is 0 Å². The monoisotopic (exact) mass is 329 g/mol. The smallest absolute Gasteiger partial charge is 0.165 e. The van der Waals surface area contributed by atoms with Gasteiger partial charge in [-0.1, -0.05) is 24.3 Å². The van der Waals surface area contributed by atoms with Crippen molar-refractivity contribution < 1.29 is 9.50 Å². The van der Waals surface area contributed by atoms with Crippen LogP contribution in [0.25, 0.3) is 27.7 Å². The minimum absolute atomic E-state index is 0.404. The van der Waals surface area contributed by atoms with Crippen LogP contribution in [0.1, 0.15) is 5.56 Å². The SMILES string of the molecule is N#Cc1cccc(-c2ccc(-n3ncc4cc(F)c(O)cc43)cc2)c1. The number of benzene rings is 3. The average molecular weight is 329 g/mol. The van der Waals surface area contributed by atoms with Crippen LogP contribution in [0.5, 0.6) is 5.75 Å². The van der Waals surface area contributed by atoms with Crippen LogP contribution in [0, 0.1) is 17.1 Å². The Labute approximate surface area is 143 Å². The van der Waals surface area contributed by atoms with E-state index in [-0.39, 0.29) is 0 Å². The van der Waals surface area contributed by atoms with Gasteiger partial charge in [-0.3, -0.25) is 0 Å². The molecule has 4 rings (SSSR count). The van der Waals surface area contributed by atoms with E-state index in [1.54, 1.807) is 16.9 Å². The molecule has 0 bridgehead atoms. The van der Waals surface area contributed by atoms with Gasteiger partial charge in [0.1, 0.15) is 0 Å². The van der Waals surface area contributed by atoms with Crippen LogP contribution < -0.4 is 0 Å². The number of aromatic nitrogens is 2. The third kappa shape index (κ3) is 2.60. The number of hydrogen-bond donors (Lipinski definition) is 1. The number of aromatic hydroxyl groups is 1. The molecule has 25 heavy (non-hydrogen) atoms. The van der Waals surface area contributed by atoms with E-state index in [0.29, 0.717) is 16.5 Å². The minimum atomic E-state index is -0.667. The van der Waals surface area contributed by atoms with E-state index in [4.69, 9.17) is 5.26 Å². The quantitative estimate of drug-likeness (QED) is 0.592. The molecule has 4 aromatic rings. The van der Waals surface area contributed by atoms with E-state index in [1.807, 2.05) is 42.5 Å². The number of nitriles is 1. The van der Waals surface area contributed by atoms with Crippen molar-refractivity contribution in [3.8, 4) is 28.6 Å². The molecule has 0 spiro atoms. The molecule has 120 valence electrons. The standard InChI is InChI=1S/C20H12FN3O/c21-18-9-16-12-23-24(19(16)10-20(18)25)17-6-4-14(5-7-17)15-3-1-2-13(8-15)11-22/h1-10,12,25H. The number of rotatable bonds is 2. The van der Waals surface area contributed by atoms with Gasteiger partial charge in [0.2, 0.25) is 0 Å². The van der Waals surface area contributed by atoms with Crippen molar-refractivity contribution in [3.63, 3.8) is 0 Å². The molecule has 0 aliphatic carbocycles. The van der Waals surface area contributed by atoms with Crippen LogP contribution >= 0.6 is 0 Å². The molecule has 1 N–H and O–H groups in total. The lowest BCUT2D eigenvalue weighted by atomic mass is 10.0. The van der Waals surface area contributed by atoms with E-state index in [1.165, 1.54) is 12.1 Å². The van der Waals surface area contributed by atoms with Crippen molar-refractivity contribution >= 4 is 10.9 Å². The molecule has 0 aliphatic heterocycles. The summed E-state index contributed by atoms with van der Waals surface area (Å²) in [6.45, 7) is 0. The third-order valence-electron chi connectivity index (χ3n) is 4.07. The molecular weight excluding hydrogens is 317 g/mol. The van der Waals surface area contributed by atoms with Crippen molar-refractivity contribution in [1.29, 1.82) is 5.26 Å². The topological polar surface area (TPSA) is 61.8 Å². The Hall–Kier alpha value is -3.65. The Balaban J connectivity index is 1.76. The van der Waals surface area contributed by atoms with E-state index < -0.39 is 11.6 Å². The molecule has 0 saturated carbocycles. The lowest BCUT2D eigenvalue weighted by Crippen LogP contribution is -1.96. The molecule has 0 fully saturated rings. The van der Waals surface area contributed by atoms with Gasteiger partial charge in [-0.05, 0) is 41.5 Å². The van der Waals surface area contributed by atoms with Crippen LogP contribution in [0.3, 0.4) is 0 Å². The molecule has 0 saturated heterocycles. The zero-order valence-corrected chi connectivity index (χ0v) is 13.0. The van der Waals surface area contributed by atoms with Crippen molar-refractivity contribution in [1.82, 2.24) is 9.78 Å². The normalized spacial score (nSPS) is 10.7. The predicted molar refractivity (Wildman–Crippen MR) is 92.8 cm³/mol. The van der Waals surface area contributed by atoms with Gasteiger partial charge in [0, 0.05) is 11.5 Å². The summed E-state index contributed by atoms with van der Waals surface area (Å²) in [7, 11) is 0. The Bertz CT molecular complexity index is 1120. The molecule has 0 aliphatic rings. The van der Waals surface area contributed by atoms with Gasteiger partial charge in [-0.25, -0.2) is 9.07 Å². The zero-order valence-electron chi connectivity index (χ0n) is 13.0. The number of phenols is 1. The van der Waals surface area contributed by atoms with Gasteiger partial charge in [0.25, 0.3) is 0 Å². The molecule has 1 heterocycles. The second-order valence-electron chi connectivity index (χ2n) is 5.66. The minimum Gasteiger partial charge on any atom is -0.505 e. The first-order valence-corrected chi connectivity index (χ1v) is 7.63. The van der Waals surface area contributed by atoms with Gasteiger partial charge in [0.05, 0.1) is 29.0 Å². The summed E-state index contributed by atoms with van der Waals surface area (Å²) < 4.78 is 15.1. The third-order valence-corrected chi connectivity index (χ3v) is 4.07. The summed E-state index contributed by atoms with van der Waals surface area (Å²) >= 11 is 0. The molecule has 0 atom stereocenters. The van der Waals surface area contributed by atoms with Gasteiger partial charge >= 0.3 is 0 Å². The van der Waals surface area contributed by atoms with Gasteiger partial charge in [0.15, 0.2) is 11.6 Å². The summed E-state index contributed by atoms with van der Waals surface area (Å²) in [5.74, 6) is -1.07. The van der Waals surface area contributed by atoms with Crippen molar-refractivity contribution in [3.05, 3.63) is 78.2 Å². The maximum atomic E-state index is 13.5. The predicted octanol–water partition coefficient (Wildman–Crippen LogP) is 4.41. The molecule has 3 aromatic carbocycles. The highest BCUT2D eigenvalue weighted by molar-refractivity contribution is 5.82. The van der Waals surface area contributed by atoms with Crippen LogP contribution in [-0.4, -0.2) is 14.9 Å². The number of fused-ring (bicyclic) bond motifs is 1. The first kappa shape index (κ1) is 14.9. The molecule has 5 heteroatoms. The van der Waals surface area contributed by atoms with Crippen molar-refractivity contribution in [2.75, 3.05) is 0 Å². The summed E-state index contributed by atoms with van der Waals surface area (Å²) in [6.07, 6.45) is 1.56.